The molecule has 0 radical (unpaired) electrons. The lowest BCUT2D eigenvalue weighted by Gasteiger charge is -2.14. The van der Waals surface area contributed by atoms with Crippen molar-refractivity contribution >= 4 is 28.6 Å². The van der Waals surface area contributed by atoms with Crippen molar-refractivity contribution < 1.29 is 24.2 Å². The number of hydrogen-bond donors (Lipinski definition) is 3. The molecule has 0 atom stereocenters. The molecule has 4 aromatic rings. The van der Waals surface area contributed by atoms with Crippen LogP contribution in [0, 0.1) is 5.82 Å². The van der Waals surface area contributed by atoms with Gasteiger partial charge >= 0.3 is 5.97 Å². The standard InChI is InChI=1S/C20H15FN4O5/c21-12-5-3-4-11(8-12)10-24-20(30)16(19(29)22-9-15(26)27)17(28)18-23-13-6-1-2-7-14(13)25(18)24/h1-8,28H,9-10H2,(H,22,29)(H,26,27). The zero-order valence-corrected chi connectivity index (χ0v) is 15.4. The van der Waals surface area contributed by atoms with Crippen LogP contribution in [0.3, 0.4) is 0 Å². The van der Waals surface area contributed by atoms with Gasteiger partial charge in [-0.1, -0.05) is 24.3 Å². The van der Waals surface area contributed by atoms with E-state index in [-0.39, 0.29) is 12.2 Å². The van der Waals surface area contributed by atoms with Gasteiger partial charge in [0.2, 0.25) is 0 Å². The number of amides is 1. The number of nitrogens with one attached hydrogen (secondary N) is 1. The van der Waals surface area contributed by atoms with Crippen LogP contribution in [0.25, 0.3) is 16.7 Å². The molecule has 4 rings (SSSR count). The molecule has 0 bridgehead atoms. The summed E-state index contributed by atoms with van der Waals surface area (Å²) >= 11 is 0. The van der Waals surface area contributed by atoms with E-state index in [0.29, 0.717) is 16.6 Å². The van der Waals surface area contributed by atoms with Crippen molar-refractivity contribution in [3.05, 3.63) is 75.8 Å². The number of aliphatic carboxylic acids is 1. The zero-order valence-electron chi connectivity index (χ0n) is 15.4. The van der Waals surface area contributed by atoms with Crippen molar-refractivity contribution in [1.82, 2.24) is 19.5 Å². The summed E-state index contributed by atoms with van der Waals surface area (Å²) in [7, 11) is 0. The SMILES string of the molecule is O=C(O)CNC(=O)c1c(O)c2nc3ccccc3n2n(Cc2cccc(F)c2)c1=O. The number of carbonyl (C=O) groups excluding carboxylic acids is 1. The van der Waals surface area contributed by atoms with Gasteiger partial charge in [-0.05, 0) is 29.8 Å². The minimum Gasteiger partial charge on any atom is -0.504 e. The van der Waals surface area contributed by atoms with Gasteiger partial charge in [0, 0.05) is 0 Å². The summed E-state index contributed by atoms with van der Waals surface area (Å²) in [5.41, 5.74) is -0.186. The summed E-state index contributed by atoms with van der Waals surface area (Å²) in [6.07, 6.45) is 0. The Morgan fingerprint density at radius 1 is 1.13 bits per heavy atom. The highest BCUT2D eigenvalue weighted by molar-refractivity contribution is 6.00. The van der Waals surface area contributed by atoms with E-state index in [1.807, 2.05) is 0 Å². The molecule has 0 aliphatic rings. The van der Waals surface area contributed by atoms with Crippen LogP contribution in [0.4, 0.5) is 4.39 Å². The molecule has 0 aliphatic carbocycles. The molecule has 152 valence electrons. The Morgan fingerprint density at radius 2 is 1.90 bits per heavy atom. The van der Waals surface area contributed by atoms with Crippen molar-refractivity contribution in [2.45, 2.75) is 6.54 Å². The fraction of sp³-hybridized carbons (Fsp3) is 0.100. The Morgan fingerprint density at radius 3 is 2.63 bits per heavy atom. The van der Waals surface area contributed by atoms with E-state index in [2.05, 4.69) is 10.3 Å². The highest BCUT2D eigenvalue weighted by Gasteiger charge is 2.25. The van der Waals surface area contributed by atoms with Gasteiger partial charge in [-0.25, -0.2) is 18.6 Å². The molecule has 30 heavy (non-hydrogen) atoms. The minimum absolute atomic E-state index is 0.0623. The zero-order chi connectivity index (χ0) is 21.4. The predicted molar refractivity (Wildman–Crippen MR) is 104 cm³/mol. The molecule has 0 aliphatic heterocycles. The number of benzene rings is 2. The molecule has 3 N–H and O–H groups in total. The maximum Gasteiger partial charge on any atom is 0.322 e. The van der Waals surface area contributed by atoms with Gasteiger partial charge in [0.05, 0.1) is 17.6 Å². The molecule has 0 fully saturated rings. The second-order valence-electron chi connectivity index (χ2n) is 6.53. The molecule has 2 heterocycles. The van der Waals surface area contributed by atoms with Crippen LogP contribution in [-0.4, -0.2) is 42.8 Å². The first-order chi connectivity index (χ1) is 14.4. The van der Waals surface area contributed by atoms with Crippen molar-refractivity contribution in [1.29, 1.82) is 0 Å². The Hall–Kier alpha value is -4.21. The number of carboxylic acid groups (broad SMARTS) is 1. The normalized spacial score (nSPS) is 11.1. The van der Waals surface area contributed by atoms with Gasteiger partial charge in [0.1, 0.15) is 12.4 Å². The van der Waals surface area contributed by atoms with Crippen LogP contribution in [0.15, 0.2) is 53.3 Å². The third kappa shape index (κ3) is 3.24. The topological polar surface area (TPSA) is 126 Å². The lowest BCUT2D eigenvalue weighted by Crippen LogP contribution is -2.37. The number of carboxylic acids is 1. The van der Waals surface area contributed by atoms with E-state index in [4.69, 9.17) is 5.11 Å². The summed E-state index contributed by atoms with van der Waals surface area (Å²) < 4.78 is 16.2. The molecule has 10 heteroatoms. The third-order valence-electron chi connectivity index (χ3n) is 4.52. The van der Waals surface area contributed by atoms with Gasteiger partial charge in [-0.15, -0.1) is 0 Å². The number of aromatic nitrogens is 3. The number of carbonyl (C=O) groups is 2. The molecule has 0 saturated heterocycles. The Kier molecular flexibility index (Phi) is 4.66. The largest absolute Gasteiger partial charge is 0.504 e. The monoisotopic (exact) mass is 410 g/mol. The highest BCUT2D eigenvalue weighted by Crippen LogP contribution is 2.25. The average molecular weight is 410 g/mol. The highest BCUT2D eigenvalue weighted by atomic mass is 19.1. The fourth-order valence-electron chi connectivity index (χ4n) is 3.24. The first kappa shape index (κ1) is 19.1. The van der Waals surface area contributed by atoms with Crippen molar-refractivity contribution in [2.24, 2.45) is 0 Å². The number of rotatable bonds is 5. The number of para-hydroxylation sites is 2. The first-order valence-corrected chi connectivity index (χ1v) is 8.84. The Labute approximate surface area is 167 Å². The van der Waals surface area contributed by atoms with Crippen molar-refractivity contribution in [2.75, 3.05) is 6.54 Å². The van der Waals surface area contributed by atoms with Gasteiger partial charge in [0.15, 0.2) is 17.0 Å². The molecule has 0 unspecified atom stereocenters. The summed E-state index contributed by atoms with van der Waals surface area (Å²) in [4.78, 5) is 40.7. The first-order valence-electron chi connectivity index (χ1n) is 8.84. The van der Waals surface area contributed by atoms with Gasteiger partial charge in [-0.2, -0.15) is 0 Å². The number of imidazole rings is 1. The van der Waals surface area contributed by atoms with E-state index < -0.39 is 41.1 Å². The van der Waals surface area contributed by atoms with Gasteiger partial charge < -0.3 is 15.5 Å². The van der Waals surface area contributed by atoms with E-state index in [9.17, 15) is 23.9 Å². The molecule has 2 aromatic heterocycles. The summed E-state index contributed by atoms with van der Waals surface area (Å²) in [5.74, 6) is -3.53. The third-order valence-corrected chi connectivity index (χ3v) is 4.52. The van der Waals surface area contributed by atoms with Crippen LogP contribution in [-0.2, 0) is 11.3 Å². The Balaban J connectivity index is 2.00. The lowest BCUT2D eigenvalue weighted by atomic mass is 10.2. The van der Waals surface area contributed by atoms with E-state index in [1.165, 1.54) is 22.7 Å². The minimum atomic E-state index is -1.31. The molecule has 2 aromatic carbocycles. The molecular formula is C20H15FN4O5. The summed E-state index contributed by atoms with van der Waals surface area (Å²) in [5, 5.41) is 21.5. The molecule has 0 saturated carbocycles. The second kappa shape index (κ2) is 7.32. The van der Waals surface area contributed by atoms with Crippen LogP contribution in [0.2, 0.25) is 0 Å². The predicted octanol–water partition coefficient (Wildman–Crippen LogP) is 1.36. The number of fused-ring (bicyclic) bond motifs is 3. The maximum atomic E-state index is 13.7. The van der Waals surface area contributed by atoms with E-state index in [0.717, 1.165) is 4.68 Å². The number of aromatic hydroxyl groups is 1. The smallest absolute Gasteiger partial charge is 0.322 e. The van der Waals surface area contributed by atoms with E-state index >= 15 is 0 Å². The quantitative estimate of drug-likeness (QED) is 0.456. The number of halogens is 1. The molecular weight excluding hydrogens is 395 g/mol. The van der Waals surface area contributed by atoms with Gasteiger partial charge in [0.25, 0.3) is 11.5 Å². The number of nitrogens with zero attached hydrogens (tertiary/aromatic N) is 3. The number of hydrogen-bond acceptors (Lipinski definition) is 5. The van der Waals surface area contributed by atoms with Crippen LogP contribution in [0.5, 0.6) is 5.75 Å². The fourth-order valence-corrected chi connectivity index (χ4v) is 3.24. The van der Waals surface area contributed by atoms with Crippen LogP contribution < -0.4 is 10.9 Å². The lowest BCUT2D eigenvalue weighted by molar-refractivity contribution is -0.135. The van der Waals surface area contributed by atoms with Crippen molar-refractivity contribution in [3.8, 4) is 5.75 Å². The average Bonchev–Trinajstić information content (AvgIpc) is 3.10. The maximum absolute atomic E-state index is 13.7. The molecule has 1 amide bonds. The molecule has 0 spiro atoms. The Bertz CT molecular complexity index is 1380. The molecule has 9 nitrogen and oxygen atoms in total. The van der Waals surface area contributed by atoms with Crippen LogP contribution in [0.1, 0.15) is 15.9 Å². The van der Waals surface area contributed by atoms with Crippen LogP contribution >= 0.6 is 0 Å². The van der Waals surface area contributed by atoms with Gasteiger partial charge in [-0.3, -0.25) is 14.4 Å². The summed E-state index contributed by atoms with van der Waals surface area (Å²) in [6, 6.07) is 12.4. The summed E-state index contributed by atoms with van der Waals surface area (Å²) in [6.45, 7) is -0.851. The second-order valence-corrected chi connectivity index (χ2v) is 6.53. The van der Waals surface area contributed by atoms with E-state index in [1.54, 1.807) is 30.3 Å². The van der Waals surface area contributed by atoms with Crippen molar-refractivity contribution in [3.63, 3.8) is 0 Å².